The van der Waals surface area contributed by atoms with Gasteiger partial charge in [0.1, 0.15) is 0 Å². The zero-order chi connectivity index (χ0) is 10.6. The molecule has 1 aliphatic heterocycles. The Morgan fingerprint density at radius 3 is 2.43 bits per heavy atom. The number of urea groups is 1. The molecule has 0 unspecified atom stereocenters. The van der Waals surface area contributed by atoms with Crippen LogP contribution in [0.5, 0.6) is 0 Å². The monoisotopic (exact) mass is 221 g/mol. The summed E-state index contributed by atoms with van der Waals surface area (Å²) in [6.45, 7) is 1.38. The average Bonchev–Trinajstić information content (AvgIpc) is 2.06. The van der Waals surface area contributed by atoms with Gasteiger partial charge < -0.3 is 11.1 Å². The predicted octanol–water partition coefficient (Wildman–Crippen LogP) is -1.31. The number of carbonyl (C=O) groups excluding carboxylic acids is 1. The highest BCUT2D eigenvalue weighted by Gasteiger charge is 2.19. The van der Waals surface area contributed by atoms with Gasteiger partial charge in [0, 0.05) is 19.1 Å². The molecule has 0 aromatic carbocycles. The van der Waals surface area contributed by atoms with Gasteiger partial charge >= 0.3 is 6.03 Å². The van der Waals surface area contributed by atoms with Gasteiger partial charge in [0.15, 0.2) is 10.7 Å². The molecule has 1 fully saturated rings. The van der Waals surface area contributed by atoms with Crippen molar-refractivity contribution in [1.82, 2.24) is 10.2 Å². The summed E-state index contributed by atoms with van der Waals surface area (Å²) in [7, 11) is -2.34. The molecule has 0 aromatic heterocycles. The van der Waals surface area contributed by atoms with Gasteiger partial charge in [-0.15, -0.1) is 0 Å². The number of thiol groups is 1. The molecule has 3 N–H and O–H groups in total. The lowest BCUT2D eigenvalue weighted by atomic mass is 10.1. The van der Waals surface area contributed by atoms with E-state index in [1.165, 1.54) is 0 Å². The third-order valence-corrected chi connectivity index (χ3v) is 2.88. The predicted molar refractivity (Wildman–Crippen MR) is 52.5 cm³/mol. The summed E-state index contributed by atoms with van der Waals surface area (Å²) < 4.78 is 20.9. The normalized spacial score (nSPS) is 19.8. The highest BCUT2D eigenvalue weighted by Crippen LogP contribution is 2.09. The molecule has 0 aromatic rings. The van der Waals surface area contributed by atoms with Gasteiger partial charge in [-0.1, -0.05) is 0 Å². The molecule has 0 aliphatic carbocycles. The van der Waals surface area contributed by atoms with Crippen molar-refractivity contribution in [3.05, 3.63) is 0 Å². The summed E-state index contributed by atoms with van der Waals surface area (Å²) >= 11 is 0. The summed E-state index contributed by atoms with van der Waals surface area (Å²) in [4.78, 5) is 12.4. The molecule has 0 radical (unpaired) electrons. The molecule has 1 heterocycles. The van der Waals surface area contributed by atoms with Gasteiger partial charge in [-0.25, -0.2) is 13.2 Å². The molecule has 0 spiro atoms. The highest BCUT2D eigenvalue weighted by atomic mass is 32.2. The second kappa shape index (κ2) is 5.16. The molecular weight excluding hydrogens is 206 g/mol. The first kappa shape index (κ1) is 11.3. The number of hydrogen-bond acceptors (Lipinski definition) is 4. The minimum absolute atomic E-state index is 0.0910. The Kier molecular flexibility index (Phi) is 4.15. The van der Waals surface area contributed by atoms with Crippen molar-refractivity contribution in [3.8, 4) is 0 Å². The third kappa shape index (κ3) is 3.93. The van der Waals surface area contributed by atoms with Crippen LogP contribution in [0.2, 0.25) is 0 Å². The molecule has 1 aliphatic rings. The number of hydrogen-bond donors (Lipinski definition) is 3. The summed E-state index contributed by atoms with van der Waals surface area (Å²) in [5.74, 6) is 0.110. The number of carbonyl (C=O) groups is 1. The second-order valence-corrected chi connectivity index (χ2v) is 4.32. The van der Waals surface area contributed by atoms with Crippen molar-refractivity contribution in [1.29, 1.82) is 0 Å². The fourth-order valence-corrected chi connectivity index (χ4v) is 2.19. The lowest BCUT2D eigenvalue weighted by molar-refractivity contribution is 0.213. The molecule has 6 nitrogen and oxygen atoms in total. The van der Waals surface area contributed by atoms with E-state index in [1.807, 2.05) is 4.90 Å². The van der Waals surface area contributed by atoms with Crippen molar-refractivity contribution < 1.29 is 13.2 Å². The van der Waals surface area contributed by atoms with E-state index in [2.05, 4.69) is 5.32 Å². The molecule has 0 bridgehead atoms. The standard InChI is InChI=1S/C7H15N3O3S/c8-7(11)9-6-1-3-10(4-2-6)5-14(12)13/h6,14H,1-5H2,(H3,8,9,11). The van der Waals surface area contributed by atoms with Crippen molar-refractivity contribution in [3.63, 3.8) is 0 Å². The van der Waals surface area contributed by atoms with Crippen LogP contribution >= 0.6 is 0 Å². The van der Waals surface area contributed by atoms with Crippen LogP contribution in [-0.2, 0) is 10.7 Å². The minimum atomic E-state index is -2.34. The van der Waals surface area contributed by atoms with Crippen molar-refractivity contribution >= 4 is 16.7 Å². The van der Waals surface area contributed by atoms with Crippen LogP contribution < -0.4 is 11.1 Å². The van der Waals surface area contributed by atoms with Crippen molar-refractivity contribution in [2.75, 3.05) is 19.0 Å². The van der Waals surface area contributed by atoms with Crippen LogP contribution in [0.15, 0.2) is 0 Å². The topological polar surface area (TPSA) is 92.5 Å². The zero-order valence-corrected chi connectivity index (χ0v) is 8.70. The van der Waals surface area contributed by atoms with E-state index >= 15 is 0 Å². The van der Waals surface area contributed by atoms with Gasteiger partial charge in [-0.3, -0.25) is 4.90 Å². The maximum Gasteiger partial charge on any atom is 0.312 e. The number of rotatable bonds is 3. The third-order valence-electron chi connectivity index (χ3n) is 2.25. The fourth-order valence-electron chi connectivity index (χ4n) is 1.58. The molecule has 82 valence electrons. The average molecular weight is 221 g/mol. The van der Waals surface area contributed by atoms with Crippen LogP contribution in [0.1, 0.15) is 12.8 Å². The van der Waals surface area contributed by atoms with Crippen LogP contribution in [-0.4, -0.2) is 44.4 Å². The molecule has 14 heavy (non-hydrogen) atoms. The number of primary amides is 1. The van der Waals surface area contributed by atoms with E-state index < -0.39 is 16.7 Å². The van der Waals surface area contributed by atoms with Crippen LogP contribution in [0.25, 0.3) is 0 Å². The largest absolute Gasteiger partial charge is 0.352 e. The summed E-state index contributed by atoms with van der Waals surface area (Å²) in [6, 6.07) is -0.424. The van der Waals surface area contributed by atoms with E-state index in [0.29, 0.717) is 13.1 Å². The Hall–Kier alpha value is -0.820. The quantitative estimate of drug-likeness (QED) is 0.516. The van der Waals surface area contributed by atoms with Crippen LogP contribution in [0, 0.1) is 0 Å². The lowest BCUT2D eigenvalue weighted by Gasteiger charge is -2.30. The van der Waals surface area contributed by atoms with E-state index in [9.17, 15) is 13.2 Å². The number of amides is 2. The lowest BCUT2D eigenvalue weighted by Crippen LogP contribution is -2.46. The second-order valence-electron chi connectivity index (χ2n) is 3.38. The van der Waals surface area contributed by atoms with Crippen LogP contribution in [0.3, 0.4) is 0 Å². The molecule has 1 rings (SSSR count). The Labute approximate surface area is 84.4 Å². The summed E-state index contributed by atoms with van der Waals surface area (Å²) in [5, 5.41) is 2.62. The zero-order valence-electron chi connectivity index (χ0n) is 7.81. The Morgan fingerprint density at radius 1 is 1.43 bits per heavy atom. The number of likely N-dealkylation sites (tertiary alicyclic amines) is 1. The molecule has 0 atom stereocenters. The number of nitrogens with two attached hydrogens (primary N) is 1. The SMILES string of the molecule is NC(=O)NC1CCN(C[SH](=O)=O)CC1. The number of nitrogens with one attached hydrogen (secondary N) is 1. The van der Waals surface area contributed by atoms with Gasteiger partial charge in [0.25, 0.3) is 0 Å². The fraction of sp³-hybridized carbons (Fsp3) is 0.857. The summed E-state index contributed by atoms with van der Waals surface area (Å²) in [5.41, 5.74) is 4.98. The number of piperidine rings is 1. The Morgan fingerprint density at radius 2 is 2.00 bits per heavy atom. The van der Waals surface area contributed by atoms with Crippen molar-refractivity contribution in [2.45, 2.75) is 18.9 Å². The molecule has 1 saturated heterocycles. The van der Waals surface area contributed by atoms with Gasteiger partial charge in [-0.05, 0) is 12.8 Å². The Bertz CT molecular complexity index is 263. The molecular formula is C7H15N3O3S. The van der Waals surface area contributed by atoms with Gasteiger partial charge in [-0.2, -0.15) is 0 Å². The smallest absolute Gasteiger partial charge is 0.312 e. The van der Waals surface area contributed by atoms with Gasteiger partial charge in [0.2, 0.25) is 0 Å². The van der Waals surface area contributed by atoms with E-state index in [1.54, 1.807) is 0 Å². The van der Waals surface area contributed by atoms with E-state index in [4.69, 9.17) is 5.73 Å². The number of nitrogens with zero attached hydrogens (tertiary/aromatic N) is 1. The van der Waals surface area contributed by atoms with Gasteiger partial charge in [0.05, 0.1) is 5.88 Å². The summed E-state index contributed by atoms with van der Waals surface area (Å²) in [6.07, 6.45) is 1.51. The Balaban J connectivity index is 2.27. The minimum Gasteiger partial charge on any atom is -0.352 e. The van der Waals surface area contributed by atoms with Crippen molar-refractivity contribution in [2.24, 2.45) is 5.73 Å². The molecule has 2 amide bonds. The molecule has 7 heteroatoms. The highest BCUT2D eigenvalue weighted by molar-refractivity contribution is 7.72. The maximum atomic E-state index is 10.5. The first-order chi connectivity index (χ1) is 6.58. The van der Waals surface area contributed by atoms with E-state index in [-0.39, 0.29) is 11.9 Å². The van der Waals surface area contributed by atoms with Crippen LogP contribution in [0.4, 0.5) is 4.79 Å². The maximum absolute atomic E-state index is 10.5. The first-order valence-corrected chi connectivity index (χ1v) is 5.84. The first-order valence-electron chi connectivity index (χ1n) is 4.48. The molecule has 0 saturated carbocycles. The van der Waals surface area contributed by atoms with E-state index in [0.717, 1.165) is 12.8 Å².